The first-order chi connectivity index (χ1) is 8.90. The summed E-state index contributed by atoms with van der Waals surface area (Å²) < 4.78 is 30.2. The Morgan fingerprint density at radius 1 is 1.42 bits per heavy atom. The molecule has 2 atom stereocenters. The zero-order chi connectivity index (χ0) is 14.0. The second-order valence-corrected chi connectivity index (χ2v) is 7.34. The minimum atomic E-state index is -3.33. The number of ether oxygens (including phenoxy) is 1. The van der Waals surface area contributed by atoms with Gasteiger partial charge in [0.25, 0.3) is 0 Å². The summed E-state index contributed by atoms with van der Waals surface area (Å²) in [6.07, 6.45) is 0.851. The normalized spacial score (nSPS) is 21.5. The quantitative estimate of drug-likeness (QED) is 0.908. The van der Waals surface area contributed by atoms with Crippen molar-refractivity contribution in [3.63, 3.8) is 0 Å². The van der Waals surface area contributed by atoms with Crippen molar-refractivity contribution in [1.29, 1.82) is 0 Å². The van der Waals surface area contributed by atoms with Gasteiger partial charge < -0.3 is 10.5 Å². The van der Waals surface area contributed by atoms with Gasteiger partial charge in [-0.1, -0.05) is 12.1 Å². The number of rotatable bonds is 4. The lowest BCUT2D eigenvalue weighted by molar-refractivity contribution is 0.182. The van der Waals surface area contributed by atoms with Gasteiger partial charge in [0, 0.05) is 18.6 Å². The summed E-state index contributed by atoms with van der Waals surface area (Å²) in [5.74, 6) is 0.144. The molecule has 1 fully saturated rings. The molecule has 1 aliphatic rings. The molecule has 1 heterocycles. The van der Waals surface area contributed by atoms with Crippen LogP contribution < -0.4 is 5.73 Å². The van der Waals surface area contributed by atoms with Crippen LogP contribution in [0.3, 0.4) is 0 Å². The largest absolute Gasteiger partial charge is 0.381 e. The fraction of sp³-hybridized carbons (Fsp3) is 0.571. The maximum Gasteiger partial charge on any atom is 0.180 e. The molecule has 1 aromatic carbocycles. The first kappa shape index (κ1) is 14.5. The van der Waals surface area contributed by atoms with Crippen LogP contribution in [0.1, 0.15) is 17.5 Å². The van der Waals surface area contributed by atoms with Crippen molar-refractivity contribution in [2.24, 2.45) is 11.7 Å². The predicted octanol–water partition coefficient (Wildman–Crippen LogP) is 1.44. The molecule has 5 heteroatoms. The van der Waals surface area contributed by atoms with Crippen LogP contribution in [-0.4, -0.2) is 33.4 Å². The third-order valence-electron chi connectivity index (χ3n) is 3.66. The molecule has 2 rings (SSSR count). The lowest BCUT2D eigenvalue weighted by atomic mass is 10.0. The minimum absolute atomic E-state index is 0.00861. The summed E-state index contributed by atoms with van der Waals surface area (Å²) in [4.78, 5) is 0.405. The van der Waals surface area contributed by atoms with E-state index >= 15 is 0 Å². The molecule has 0 spiro atoms. The highest BCUT2D eigenvalue weighted by atomic mass is 32.2. The monoisotopic (exact) mass is 283 g/mol. The zero-order valence-corrected chi connectivity index (χ0v) is 12.2. The molecule has 0 aliphatic carbocycles. The highest BCUT2D eigenvalue weighted by molar-refractivity contribution is 7.91. The Morgan fingerprint density at radius 2 is 2.16 bits per heavy atom. The second kappa shape index (κ2) is 5.61. The number of nitrogens with two attached hydrogens (primary N) is 1. The van der Waals surface area contributed by atoms with E-state index < -0.39 is 9.84 Å². The Balaban J connectivity index is 2.19. The molecule has 1 aromatic rings. The molecule has 1 aliphatic heterocycles. The summed E-state index contributed by atoms with van der Waals surface area (Å²) in [6, 6.07) is 5.13. The fourth-order valence-corrected chi connectivity index (χ4v) is 4.29. The van der Waals surface area contributed by atoms with Gasteiger partial charge in [-0.15, -0.1) is 0 Å². The maximum atomic E-state index is 12.5. The Morgan fingerprint density at radius 3 is 2.79 bits per heavy atom. The standard InChI is InChI=1S/C14H21NO3S/c1-10-3-4-11(2)14(7-10)19(16,17)9-13(15)12-5-6-18-8-12/h3-4,7,12-13H,5-6,8-9,15H2,1-2H3. The fourth-order valence-electron chi connectivity index (χ4n) is 2.41. The molecule has 0 aromatic heterocycles. The molecule has 2 unspecified atom stereocenters. The summed E-state index contributed by atoms with van der Waals surface area (Å²) in [7, 11) is -3.33. The first-order valence-electron chi connectivity index (χ1n) is 6.53. The molecule has 0 radical (unpaired) electrons. The van der Waals surface area contributed by atoms with Crippen LogP contribution >= 0.6 is 0 Å². The molecule has 1 saturated heterocycles. The Labute approximate surface area is 114 Å². The number of hydrogen-bond acceptors (Lipinski definition) is 4. The SMILES string of the molecule is Cc1ccc(C)c(S(=O)(=O)CC(N)C2CCOC2)c1. The van der Waals surface area contributed by atoms with Gasteiger partial charge in [-0.25, -0.2) is 8.42 Å². The van der Waals surface area contributed by atoms with Crippen LogP contribution in [0, 0.1) is 19.8 Å². The van der Waals surface area contributed by atoms with Crippen molar-refractivity contribution < 1.29 is 13.2 Å². The van der Waals surface area contributed by atoms with Gasteiger partial charge in [0.15, 0.2) is 9.84 Å². The Kier molecular flexibility index (Phi) is 4.28. The third kappa shape index (κ3) is 3.35. The lowest BCUT2D eigenvalue weighted by Crippen LogP contribution is -2.37. The molecule has 0 amide bonds. The van der Waals surface area contributed by atoms with E-state index in [1.54, 1.807) is 6.07 Å². The lowest BCUT2D eigenvalue weighted by Gasteiger charge is -2.18. The van der Waals surface area contributed by atoms with Gasteiger partial charge in [0.05, 0.1) is 17.3 Å². The van der Waals surface area contributed by atoms with Crippen LogP contribution in [0.4, 0.5) is 0 Å². The maximum absolute atomic E-state index is 12.5. The highest BCUT2D eigenvalue weighted by Gasteiger charge is 2.28. The van der Waals surface area contributed by atoms with E-state index in [2.05, 4.69) is 0 Å². The van der Waals surface area contributed by atoms with Crippen LogP contribution in [0.15, 0.2) is 23.1 Å². The smallest absolute Gasteiger partial charge is 0.180 e. The molecule has 0 bridgehead atoms. The topological polar surface area (TPSA) is 69.4 Å². The van der Waals surface area contributed by atoms with E-state index in [0.29, 0.717) is 18.1 Å². The first-order valence-corrected chi connectivity index (χ1v) is 8.19. The van der Waals surface area contributed by atoms with Crippen molar-refractivity contribution >= 4 is 9.84 Å². The molecular weight excluding hydrogens is 262 g/mol. The molecule has 19 heavy (non-hydrogen) atoms. The van der Waals surface area contributed by atoms with E-state index in [4.69, 9.17) is 10.5 Å². The van der Waals surface area contributed by atoms with Gasteiger partial charge in [-0.3, -0.25) is 0 Å². The van der Waals surface area contributed by atoms with Crippen molar-refractivity contribution in [3.05, 3.63) is 29.3 Å². The number of sulfone groups is 1. The van der Waals surface area contributed by atoms with Crippen molar-refractivity contribution in [3.8, 4) is 0 Å². The summed E-state index contributed by atoms with van der Waals surface area (Å²) >= 11 is 0. The van der Waals surface area contributed by atoms with Gasteiger partial charge in [0.1, 0.15) is 0 Å². The van der Waals surface area contributed by atoms with Crippen molar-refractivity contribution in [1.82, 2.24) is 0 Å². The van der Waals surface area contributed by atoms with Crippen LogP contribution in [0.25, 0.3) is 0 Å². The van der Waals surface area contributed by atoms with Crippen molar-refractivity contribution in [2.75, 3.05) is 19.0 Å². The van der Waals surface area contributed by atoms with Crippen LogP contribution in [0.5, 0.6) is 0 Å². The van der Waals surface area contributed by atoms with Gasteiger partial charge in [-0.05, 0) is 37.5 Å². The molecule has 4 nitrogen and oxygen atoms in total. The average molecular weight is 283 g/mol. The minimum Gasteiger partial charge on any atom is -0.381 e. The van der Waals surface area contributed by atoms with E-state index in [0.717, 1.165) is 17.5 Å². The zero-order valence-electron chi connectivity index (χ0n) is 11.4. The Hall–Kier alpha value is -0.910. The van der Waals surface area contributed by atoms with E-state index in [-0.39, 0.29) is 17.7 Å². The van der Waals surface area contributed by atoms with Gasteiger partial charge in [-0.2, -0.15) is 0 Å². The summed E-state index contributed by atoms with van der Waals surface area (Å²) in [6.45, 7) is 4.96. The predicted molar refractivity (Wildman–Crippen MR) is 74.9 cm³/mol. The van der Waals surface area contributed by atoms with E-state index in [1.165, 1.54) is 0 Å². The van der Waals surface area contributed by atoms with E-state index in [9.17, 15) is 8.42 Å². The number of benzene rings is 1. The van der Waals surface area contributed by atoms with Crippen LogP contribution in [0.2, 0.25) is 0 Å². The highest BCUT2D eigenvalue weighted by Crippen LogP contribution is 2.22. The molecule has 106 valence electrons. The molecular formula is C14H21NO3S. The van der Waals surface area contributed by atoms with Gasteiger partial charge >= 0.3 is 0 Å². The van der Waals surface area contributed by atoms with Crippen LogP contribution in [-0.2, 0) is 14.6 Å². The molecule has 0 saturated carbocycles. The Bertz CT molecular complexity index is 548. The van der Waals surface area contributed by atoms with Crippen molar-refractivity contribution in [2.45, 2.75) is 31.2 Å². The number of aryl methyl sites for hydroxylation is 2. The second-order valence-electron chi connectivity index (χ2n) is 5.34. The summed E-state index contributed by atoms with van der Waals surface area (Å²) in [5.41, 5.74) is 7.76. The van der Waals surface area contributed by atoms with Gasteiger partial charge in [0.2, 0.25) is 0 Å². The van der Waals surface area contributed by atoms with E-state index in [1.807, 2.05) is 26.0 Å². The number of hydrogen-bond donors (Lipinski definition) is 1. The molecule has 2 N–H and O–H groups in total. The average Bonchev–Trinajstić information content (AvgIpc) is 2.85. The third-order valence-corrected chi connectivity index (χ3v) is 5.59. The summed E-state index contributed by atoms with van der Waals surface area (Å²) in [5, 5.41) is 0.